The first kappa shape index (κ1) is 12.2. The molecule has 1 aliphatic carbocycles. The number of nitrogens with zero attached hydrogens (tertiary/aromatic N) is 1. The van der Waals surface area contributed by atoms with E-state index in [1.165, 1.54) is 25.7 Å². The second-order valence-corrected chi connectivity index (χ2v) is 4.69. The molecule has 1 heterocycles. The van der Waals surface area contributed by atoms with Crippen LogP contribution >= 0.6 is 0 Å². The zero-order chi connectivity index (χ0) is 12.1. The summed E-state index contributed by atoms with van der Waals surface area (Å²) in [6, 6.07) is 4.26. The molecule has 0 bridgehead atoms. The highest BCUT2D eigenvalue weighted by Crippen LogP contribution is 2.17. The Balaban J connectivity index is 1.71. The van der Waals surface area contributed by atoms with Gasteiger partial charge in [0.05, 0.1) is 19.4 Å². The molecule has 4 nitrogen and oxygen atoms in total. The van der Waals surface area contributed by atoms with Gasteiger partial charge in [0.15, 0.2) is 0 Å². The quantitative estimate of drug-likeness (QED) is 0.847. The van der Waals surface area contributed by atoms with Crippen LogP contribution in [-0.4, -0.2) is 30.4 Å². The molecule has 0 aromatic carbocycles. The Morgan fingerprint density at radius 3 is 2.94 bits per heavy atom. The number of likely N-dealkylation sites (N-methyl/N-ethyl adjacent to an activating group) is 1. The average molecular weight is 236 g/mol. The molecule has 0 atom stereocenters. The molecule has 17 heavy (non-hydrogen) atoms. The Morgan fingerprint density at radius 1 is 1.53 bits per heavy atom. The topological polar surface area (TPSA) is 45.5 Å². The van der Waals surface area contributed by atoms with Gasteiger partial charge in [0.25, 0.3) is 0 Å². The van der Waals surface area contributed by atoms with Crippen LogP contribution in [0.5, 0.6) is 0 Å². The highest BCUT2D eigenvalue weighted by Gasteiger charge is 2.17. The number of carbonyl (C=O) groups excluding carboxylic acids is 1. The van der Waals surface area contributed by atoms with Crippen LogP contribution in [0.1, 0.15) is 31.4 Å². The van der Waals surface area contributed by atoms with Gasteiger partial charge in [-0.05, 0) is 25.0 Å². The Morgan fingerprint density at radius 2 is 2.29 bits per heavy atom. The van der Waals surface area contributed by atoms with Gasteiger partial charge in [-0.1, -0.05) is 12.8 Å². The lowest BCUT2D eigenvalue weighted by Gasteiger charge is -2.18. The van der Waals surface area contributed by atoms with Gasteiger partial charge in [0.1, 0.15) is 5.76 Å². The average Bonchev–Trinajstić information content (AvgIpc) is 2.98. The van der Waals surface area contributed by atoms with Gasteiger partial charge >= 0.3 is 0 Å². The van der Waals surface area contributed by atoms with Gasteiger partial charge in [-0.2, -0.15) is 0 Å². The predicted octanol–water partition coefficient (Wildman–Crippen LogP) is 1.77. The Kier molecular flexibility index (Phi) is 4.20. The van der Waals surface area contributed by atoms with Crippen LogP contribution < -0.4 is 5.32 Å². The van der Waals surface area contributed by atoms with Gasteiger partial charge in [-0.15, -0.1) is 0 Å². The largest absolute Gasteiger partial charge is 0.467 e. The maximum absolute atomic E-state index is 11.8. The van der Waals surface area contributed by atoms with Crippen LogP contribution in [0.25, 0.3) is 0 Å². The van der Waals surface area contributed by atoms with E-state index >= 15 is 0 Å². The number of hydrogen-bond donors (Lipinski definition) is 1. The molecule has 0 spiro atoms. The van der Waals surface area contributed by atoms with Crippen molar-refractivity contribution in [2.24, 2.45) is 0 Å². The lowest BCUT2D eigenvalue weighted by Crippen LogP contribution is -2.38. The predicted molar refractivity (Wildman–Crippen MR) is 65.4 cm³/mol. The van der Waals surface area contributed by atoms with Crippen molar-refractivity contribution in [3.63, 3.8) is 0 Å². The number of carbonyl (C=O) groups is 1. The van der Waals surface area contributed by atoms with E-state index in [2.05, 4.69) is 5.32 Å². The summed E-state index contributed by atoms with van der Waals surface area (Å²) in [4.78, 5) is 13.5. The third-order valence-electron chi connectivity index (χ3n) is 3.30. The highest BCUT2D eigenvalue weighted by molar-refractivity contribution is 5.77. The van der Waals surface area contributed by atoms with E-state index < -0.39 is 0 Å². The standard InChI is InChI=1S/C13H20N2O2/c1-15(10-12-7-4-8-17-12)13(16)9-14-11-5-2-3-6-11/h4,7-8,11,14H,2-3,5-6,9-10H2,1H3. The maximum atomic E-state index is 11.8. The Labute approximate surface area is 102 Å². The molecule has 0 radical (unpaired) electrons. The second kappa shape index (κ2) is 5.87. The van der Waals surface area contributed by atoms with Crippen molar-refractivity contribution in [3.05, 3.63) is 24.2 Å². The Hall–Kier alpha value is -1.29. The molecule has 1 amide bonds. The van der Waals surface area contributed by atoms with E-state index in [4.69, 9.17) is 4.42 Å². The Bertz CT molecular complexity index is 342. The summed E-state index contributed by atoms with van der Waals surface area (Å²) in [5.74, 6) is 0.940. The van der Waals surface area contributed by atoms with Crippen LogP contribution in [0.15, 0.2) is 22.8 Å². The first-order valence-corrected chi connectivity index (χ1v) is 6.25. The zero-order valence-corrected chi connectivity index (χ0v) is 10.3. The van der Waals surface area contributed by atoms with Crippen molar-refractivity contribution in [3.8, 4) is 0 Å². The molecule has 1 fully saturated rings. The molecule has 0 aliphatic heterocycles. The molecular weight excluding hydrogens is 216 g/mol. The van der Waals surface area contributed by atoms with E-state index in [1.54, 1.807) is 18.2 Å². The summed E-state index contributed by atoms with van der Waals surface area (Å²) in [5.41, 5.74) is 0. The van der Waals surface area contributed by atoms with Crippen molar-refractivity contribution in [2.45, 2.75) is 38.3 Å². The fraction of sp³-hybridized carbons (Fsp3) is 0.615. The number of hydrogen-bond acceptors (Lipinski definition) is 3. The summed E-state index contributed by atoms with van der Waals surface area (Å²) in [7, 11) is 1.81. The highest BCUT2D eigenvalue weighted by atomic mass is 16.3. The van der Waals surface area contributed by atoms with Gasteiger partial charge in [-0.3, -0.25) is 4.79 Å². The van der Waals surface area contributed by atoms with Crippen molar-refractivity contribution in [2.75, 3.05) is 13.6 Å². The normalized spacial score (nSPS) is 16.3. The third-order valence-corrected chi connectivity index (χ3v) is 3.30. The lowest BCUT2D eigenvalue weighted by molar-refractivity contribution is -0.129. The van der Waals surface area contributed by atoms with Crippen LogP contribution in [0.2, 0.25) is 0 Å². The monoisotopic (exact) mass is 236 g/mol. The first-order chi connectivity index (χ1) is 8.25. The molecule has 94 valence electrons. The van der Waals surface area contributed by atoms with E-state index in [1.807, 2.05) is 12.1 Å². The molecule has 1 N–H and O–H groups in total. The minimum Gasteiger partial charge on any atom is -0.467 e. The molecule has 1 saturated carbocycles. The van der Waals surface area contributed by atoms with Crippen LogP contribution in [0.4, 0.5) is 0 Å². The molecule has 1 aromatic heterocycles. The van der Waals surface area contributed by atoms with E-state index in [-0.39, 0.29) is 5.91 Å². The number of rotatable bonds is 5. The smallest absolute Gasteiger partial charge is 0.236 e. The van der Waals surface area contributed by atoms with E-state index in [0.29, 0.717) is 19.1 Å². The van der Waals surface area contributed by atoms with Crippen molar-refractivity contribution < 1.29 is 9.21 Å². The van der Waals surface area contributed by atoms with Gasteiger partial charge in [-0.25, -0.2) is 0 Å². The molecule has 2 rings (SSSR count). The first-order valence-electron chi connectivity index (χ1n) is 6.25. The van der Waals surface area contributed by atoms with Crippen LogP contribution in [-0.2, 0) is 11.3 Å². The number of furan rings is 1. The molecule has 4 heteroatoms. The van der Waals surface area contributed by atoms with E-state index in [0.717, 1.165) is 5.76 Å². The SMILES string of the molecule is CN(Cc1ccco1)C(=O)CNC1CCCC1. The van der Waals surface area contributed by atoms with Gasteiger partial charge in [0, 0.05) is 13.1 Å². The number of nitrogens with one attached hydrogen (secondary N) is 1. The maximum Gasteiger partial charge on any atom is 0.236 e. The van der Waals surface area contributed by atoms with Gasteiger partial charge in [0.2, 0.25) is 5.91 Å². The summed E-state index contributed by atoms with van der Waals surface area (Å²) in [6.45, 7) is 0.972. The lowest BCUT2D eigenvalue weighted by atomic mass is 10.2. The molecule has 1 aromatic rings. The fourth-order valence-corrected chi connectivity index (χ4v) is 2.22. The van der Waals surface area contributed by atoms with Crippen LogP contribution in [0.3, 0.4) is 0 Å². The van der Waals surface area contributed by atoms with Crippen molar-refractivity contribution in [1.29, 1.82) is 0 Å². The molecule has 0 saturated heterocycles. The summed E-state index contributed by atoms with van der Waals surface area (Å²) in [5, 5.41) is 3.32. The van der Waals surface area contributed by atoms with Gasteiger partial charge < -0.3 is 14.6 Å². The van der Waals surface area contributed by atoms with Crippen molar-refractivity contribution >= 4 is 5.91 Å². The number of amides is 1. The molecular formula is C13H20N2O2. The minimum atomic E-state index is 0.119. The second-order valence-electron chi connectivity index (χ2n) is 4.69. The minimum absolute atomic E-state index is 0.119. The summed E-state index contributed by atoms with van der Waals surface area (Å²) in [6.07, 6.45) is 6.61. The summed E-state index contributed by atoms with van der Waals surface area (Å²) < 4.78 is 5.22. The zero-order valence-electron chi connectivity index (χ0n) is 10.3. The van der Waals surface area contributed by atoms with Crippen LogP contribution in [0, 0.1) is 0 Å². The third kappa shape index (κ3) is 3.60. The van der Waals surface area contributed by atoms with E-state index in [9.17, 15) is 4.79 Å². The fourth-order valence-electron chi connectivity index (χ4n) is 2.22. The molecule has 0 unspecified atom stereocenters. The summed E-state index contributed by atoms with van der Waals surface area (Å²) >= 11 is 0. The molecule has 1 aliphatic rings. The van der Waals surface area contributed by atoms with Crippen molar-refractivity contribution in [1.82, 2.24) is 10.2 Å².